The molecule has 0 radical (unpaired) electrons. The number of hydrogen-bond donors (Lipinski definition) is 2. The number of rotatable bonds is 3. The number of carboxylic acids is 1. The molecule has 1 amide bonds. The van der Waals surface area contributed by atoms with E-state index in [0.717, 1.165) is 16.0 Å². The molecule has 0 aliphatic heterocycles. The number of benzene rings is 1. The van der Waals surface area contributed by atoms with E-state index in [-0.39, 0.29) is 4.88 Å². The summed E-state index contributed by atoms with van der Waals surface area (Å²) < 4.78 is 27.1. The van der Waals surface area contributed by atoms with Crippen LogP contribution in [-0.2, 0) is 4.79 Å². The molecule has 110 valence electrons. The van der Waals surface area contributed by atoms with Crippen molar-refractivity contribution < 1.29 is 23.5 Å². The van der Waals surface area contributed by atoms with Crippen molar-refractivity contribution in [3.8, 4) is 0 Å². The zero-order valence-corrected chi connectivity index (χ0v) is 11.8. The van der Waals surface area contributed by atoms with Crippen LogP contribution in [0.4, 0.5) is 14.5 Å². The van der Waals surface area contributed by atoms with E-state index >= 15 is 0 Å². The van der Waals surface area contributed by atoms with Crippen LogP contribution >= 0.6 is 11.3 Å². The largest absolute Gasteiger partial charge is 0.477 e. The van der Waals surface area contributed by atoms with E-state index in [4.69, 9.17) is 5.11 Å². The topological polar surface area (TPSA) is 66.4 Å². The third-order valence-corrected chi connectivity index (χ3v) is 4.85. The van der Waals surface area contributed by atoms with Crippen LogP contribution in [0, 0.1) is 5.41 Å². The van der Waals surface area contributed by atoms with Crippen molar-refractivity contribution in [1.29, 1.82) is 0 Å². The second-order valence-corrected chi connectivity index (χ2v) is 6.42. The van der Waals surface area contributed by atoms with Gasteiger partial charge in [-0.05, 0) is 36.6 Å². The van der Waals surface area contributed by atoms with Crippen LogP contribution in [0.2, 0.25) is 0 Å². The van der Waals surface area contributed by atoms with E-state index in [9.17, 15) is 18.4 Å². The molecule has 21 heavy (non-hydrogen) atoms. The maximum Gasteiger partial charge on any atom is 0.345 e. The fourth-order valence-electron chi connectivity index (χ4n) is 2.14. The Kier molecular flexibility index (Phi) is 2.81. The van der Waals surface area contributed by atoms with Gasteiger partial charge in [0.15, 0.2) is 0 Å². The van der Waals surface area contributed by atoms with Gasteiger partial charge in [0.2, 0.25) is 5.91 Å². The van der Waals surface area contributed by atoms with Crippen molar-refractivity contribution >= 4 is 39.0 Å². The fourth-order valence-corrected chi connectivity index (χ4v) is 3.02. The standard InChI is InChI=1S/C14H11F2NO3S/c1-13(6-14(13,15)16)12(20)17-8-2-3-9-7(4-8)5-10(21-9)11(18)19/h2-5H,6H2,1H3,(H,17,20)(H,18,19). The number of carbonyl (C=O) groups is 2. The quantitative estimate of drug-likeness (QED) is 0.910. The third-order valence-electron chi connectivity index (χ3n) is 3.74. The van der Waals surface area contributed by atoms with E-state index in [1.54, 1.807) is 18.2 Å². The molecule has 7 heteroatoms. The summed E-state index contributed by atoms with van der Waals surface area (Å²) in [5.74, 6) is -4.70. The second-order valence-electron chi connectivity index (χ2n) is 5.34. The summed E-state index contributed by atoms with van der Waals surface area (Å²) in [6.07, 6.45) is -0.449. The van der Waals surface area contributed by atoms with Crippen LogP contribution in [0.25, 0.3) is 10.1 Å². The number of anilines is 1. The Morgan fingerprint density at radius 1 is 1.33 bits per heavy atom. The SMILES string of the molecule is CC1(C(=O)Nc2ccc3sc(C(=O)O)cc3c2)CC1(F)F. The lowest BCUT2D eigenvalue weighted by Gasteiger charge is -2.11. The Balaban J connectivity index is 1.85. The van der Waals surface area contributed by atoms with Crippen molar-refractivity contribution in [3.63, 3.8) is 0 Å². The summed E-state index contributed by atoms with van der Waals surface area (Å²) in [6.45, 7) is 1.23. The highest BCUT2D eigenvalue weighted by Gasteiger charge is 2.72. The summed E-state index contributed by atoms with van der Waals surface area (Å²) in [4.78, 5) is 23.0. The van der Waals surface area contributed by atoms with Crippen molar-refractivity contribution in [2.24, 2.45) is 5.41 Å². The van der Waals surface area contributed by atoms with Crippen LogP contribution in [0.5, 0.6) is 0 Å². The number of halogens is 2. The molecule has 0 saturated heterocycles. The number of aromatic carboxylic acids is 1. The van der Waals surface area contributed by atoms with Crippen molar-refractivity contribution in [2.45, 2.75) is 19.3 Å². The van der Waals surface area contributed by atoms with E-state index in [2.05, 4.69) is 5.32 Å². The molecular formula is C14H11F2NO3S. The number of alkyl halides is 2. The van der Waals surface area contributed by atoms with Gasteiger partial charge < -0.3 is 10.4 Å². The molecule has 1 saturated carbocycles. The van der Waals surface area contributed by atoms with Gasteiger partial charge in [0.1, 0.15) is 10.3 Å². The van der Waals surface area contributed by atoms with Gasteiger partial charge >= 0.3 is 5.97 Å². The number of thiophene rings is 1. The summed E-state index contributed by atoms with van der Waals surface area (Å²) in [6, 6.07) is 6.31. The Bertz CT molecular complexity index is 771. The van der Waals surface area contributed by atoms with E-state index < -0.39 is 29.6 Å². The average molecular weight is 311 g/mol. The van der Waals surface area contributed by atoms with E-state index in [0.29, 0.717) is 11.1 Å². The first-order valence-electron chi connectivity index (χ1n) is 6.19. The first-order valence-corrected chi connectivity index (χ1v) is 7.01. The second kappa shape index (κ2) is 4.24. The van der Waals surface area contributed by atoms with E-state index in [1.807, 2.05) is 0 Å². The number of nitrogens with one attached hydrogen (secondary N) is 1. The Hall–Kier alpha value is -2.02. The number of hydrogen-bond acceptors (Lipinski definition) is 3. The molecular weight excluding hydrogens is 300 g/mol. The molecule has 1 aliphatic rings. The molecule has 2 aromatic rings. The smallest absolute Gasteiger partial charge is 0.345 e. The van der Waals surface area contributed by atoms with Gasteiger partial charge in [-0.15, -0.1) is 11.3 Å². The molecule has 0 bridgehead atoms. The molecule has 0 spiro atoms. The average Bonchev–Trinajstić information content (AvgIpc) is 2.75. The van der Waals surface area contributed by atoms with Crippen molar-refractivity contribution in [1.82, 2.24) is 0 Å². The van der Waals surface area contributed by atoms with Crippen LogP contribution < -0.4 is 5.32 Å². The lowest BCUT2D eigenvalue weighted by atomic mass is 10.1. The van der Waals surface area contributed by atoms with Crippen molar-refractivity contribution in [3.05, 3.63) is 29.1 Å². The van der Waals surface area contributed by atoms with Crippen LogP contribution in [0.1, 0.15) is 23.0 Å². The zero-order chi connectivity index (χ0) is 15.4. The minimum absolute atomic E-state index is 0.189. The number of fused-ring (bicyclic) bond motifs is 1. The summed E-state index contributed by atoms with van der Waals surface area (Å²) in [7, 11) is 0. The maximum absolute atomic E-state index is 13.2. The van der Waals surface area contributed by atoms with Gasteiger partial charge in [-0.25, -0.2) is 13.6 Å². The Morgan fingerprint density at radius 3 is 2.57 bits per heavy atom. The molecule has 2 N–H and O–H groups in total. The molecule has 4 nitrogen and oxygen atoms in total. The predicted octanol–water partition coefficient (Wildman–Crippen LogP) is 3.58. The predicted molar refractivity (Wildman–Crippen MR) is 75.1 cm³/mol. The van der Waals surface area contributed by atoms with Gasteiger partial charge in [0.25, 0.3) is 5.92 Å². The van der Waals surface area contributed by atoms with Gasteiger partial charge in [-0.1, -0.05) is 0 Å². The molecule has 1 unspecified atom stereocenters. The van der Waals surface area contributed by atoms with Crippen LogP contribution in [0.15, 0.2) is 24.3 Å². The summed E-state index contributed by atoms with van der Waals surface area (Å²) in [5, 5.41) is 12.1. The minimum atomic E-state index is -2.96. The monoisotopic (exact) mass is 311 g/mol. The lowest BCUT2D eigenvalue weighted by molar-refractivity contribution is -0.123. The fraction of sp³-hybridized carbons (Fsp3) is 0.286. The summed E-state index contributed by atoms with van der Waals surface area (Å²) in [5.41, 5.74) is -1.27. The zero-order valence-electron chi connectivity index (χ0n) is 10.9. The normalized spacial score (nSPS) is 23.0. The summed E-state index contributed by atoms with van der Waals surface area (Å²) >= 11 is 1.12. The third kappa shape index (κ3) is 2.17. The van der Waals surface area contributed by atoms with Crippen LogP contribution in [0.3, 0.4) is 0 Å². The molecule has 1 atom stereocenters. The number of carboxylic acid groups (broad SMARTS) is 1. The minimum Gasteiger partial charge on any atom is -0.477 e. The number of carbonyl (C=O) groups excluding carboxylic acids is 1. The first kappa shape index (κ1) is 13.9. The Morgan fingerprint density at radius 2 is 2.00 bits per heavy atom. The molecule has 3 rings (SSSR count). The molecule has 1 fully saturated rings. The van der Waals surface area contributed by atoms with Gasteiger partial charge in [-0.3, -0.25) is 4.79 Å². The highest BCUT2D eigenvalue weighted by atomic mass is 32.1. The Labute approximate surface area is 122 Å². The van der Waals surface area contributed by atoms with E-state index in [1.165, 1.54) is 13.0 Å². The molecule has 1 aliphatic carbocycles. The highest BCUT2D eigenvalue weighted by molar-refractivity contribution is 7.20. The molecule has 1 aromatic heterocycles. The van der Waals surface area contributed by atoms with Crippen LogP contribution in [-0.4, -0.2) is 22.9 Å². The molecule has 1 aromatic carbocycles. The molecule has 1 heterocycles. The van der Waals surface area contributed by atoms with Crippen molar-refractivity contribution in [2.75, 3.05) is 5.32 Å². The lowest BCUT2D eigenvalue weighted by Crippen LogP contribution is -2.26. The van der Waals surface area contributed by atoms with Gasteiger partial charge in [-0.2, -0.15) is 0 Å². The maximum atomic E-state index is 13.2. The van der Waals surface area contributed by atoms with Gasteiger partial charge in [0.05, 0.1) is 0 Å². The number of amides is 1. The highest BCUT2D eigenvalue weighted by Crippen LogP contribution is 2.60. The van der Waals surface area contributed by atoms with Gasteiger partial charge in [0, 0.05) is 16.8 Å². The first-order chi connectivity index (χ1) is 9.73.